The average Bonchev–Trinajstić information content (AvgIpc) is 3.47. The second-order valence-electron chi connectivity index (χ2n) is 19.2. The molecule has 0 aromatic heterocycles. The Kier molecular flexibility index (Phi) is 25.4. The van der Waals surface area contributed by atoms with Crippen molar-refractivity contribution < 1.29 is 120 Å². The van der Waals surface area contributed by atoms with Crippen molar-refractivity contribution in [3.63, 3.8) is 0 Å². The number of ether oxygens (including phenoxy) is 8. The third-order valence-electron chi connectivity index (χ3n) is 13.2. The Balaban J connectivity index is 1.34. The predicted octanol–water partition coefficient (Wildman–Crippen LogP) is -4.37. The molecule has 4 saturated heterocycles. The summed E-state index contributed by atoms with van der Waals surface area (Å²) in [6, 6.07) is -0.669. The lowest BCUT2D eigenvalue weighted by Crippen LogP contribution is -2.71. The molecule has 4 heterocycles. The second-order valence-corrected chi connectivity index (χ2v) is 20.3. The van der Waals surface area contributed by atoms with E-state index in [0.29, 0.717) is 18.8 Å². The van der Waals surface area contributed by atoms with Crippen molar-refractivity contribution in [1.82, 2.24) is 21.3 Å². The predicted molar refractivity (Wildman–Crippen MR) is 263 cm³/mol. The van der Waals surface area contributed by atoms with Crippen molar-refractivity contribution in [3.05, 3.63) is 42.0 Å². The Morgan fingerprint density at radius 1 is 0.590 bits per heavy atom. The van der Waals surface area contributed by atoms with Crippen molar-refractivity contribution in [2.75, 3.05) is 33.0 Å². The second kappa shape index (κ2) is 30.6. The third-order valence-corrected chi connectivity index (χ3v) is 13.6. The van der Waals surface area contributed by atoms with Crippen LogP contribution in [0.1, 0.15) is 83.0 Å². The first-order chi connectivity index (χ1) is 37.0. The van der Waals surface area contributed by atoms with E-state index in [-0.39, 0.29) is 5.56 Å². The van der Waals surface area contributed by atoms with Crippen LogP contribution in [-0.2, 0) is 62.1 Å². The molecular weight excluding hydrogens is 1060 g/mol. The van der Waals surface area contributed by atoms with Gasteiger partial charge in [0.15, 0.2) is 25.2 Å². The summed E-state index contributed by atoms with van der Waals surface area (Å²) in [7, 11) is -5.16. The zero-order chi connectivity index (χ0) is 57.4. The number of carbonyl (C=O) groups excluding carboxylic acids is 4. The monoisotopic (exact) mass is 1140 g/mol. The fraction of sp³-hybridized carbons (Fsp3) is 0.750. The average molecular weight is 1140 g/mol. The molecule has 9 unspecified atom stereocenters. The fourth-order valence-corrected chi connectivity index (χ4v) is 9.66. The Bertz CT molecular complexity index is 2220. The maximum absolute atomic E-state index is 13.8. The zero-order valence-corrected chi connectivity index (χ0v) is 44.3. The molecule has 0 aliphatic carbocycles. The summed E-state index contributed by atoms with van der Waals surface area (Å²) in [6.45, 7) is 1.59. The molecule has 4 fully saturated rings. The lowest BCUT2D eigenvalue weighted by Gasteiger charge is -2.51. The van der Waals surface area contributed by atoms with Gasteiger partial charge in [-0.1, -0.05) is 44.4 Å². The number of hydrogen-bond donors (Lipinski definition) is 14. The molecule has 29 nitrogen and oxygen atoms in total. The largest absolute Gasteiger partial charge is 0.494 e. The van der Waals surface area contributed by atoms with Crippen LogP contribution in [-0.4, -0.2) is 238 Å². The van der Waals surface area contributed by atoms with Gasteiger partial charge in [-0.2, -0.15) is 8.42 Å². The Hall–Kier alpha value is -4.13. The van der Waals surface area contributed by atoms with Crippen LogP contribution in [0.25, 0.3) is 0 Å². The molecule has 0 bridgehead atoms. The van der Waals surface area contributed by atoms with E-state index in [1.807, 2.05) is 0 Å². The number of carbonyl (C=O) groups is 4. The van der Waals surface area contributed by atoms with Crippen LogP contribution >= 0.6 is 0 Å². The van der Waals surface area contributed by atoms with Gasteiger partial charge in [0, 0.05) is 26.3 Å². The lowest BCUT2D eigenvalue weighted by molar-refractivity contribution is -0.361. The highest BCUT2D eigenvalue weighted by atomic mass is 32.3. The number of hydrogen-bond acceptors (Lipinski definition) is 24. The van der Waals surface area contributed by atoms with Gasteiger partial charge in [0.2, 0.25) is 17.7 Å². The van der Waals surface area contributed by atoms with Crippen molar-refractivity contribution in [1.29, 1.82) is 0 Å². The number of allylic oxidation sites excluding steroid dienone is 2. The molecule has 0 radical (unpaired) electrons. The third kappa shape index (κ3) is 17.9. The molecular formula is C48H76N4O25S. The van der Waals surface area contributed by atoms with Crippen LogP contribution in [0, 0.1) is 0 Å². The van der Waals surface area contributed by atoms with E-state index in [9.17, 15) is 78.1 Å². The van der Waals surface area contributed by atoms with Gasteiger partial charge < -0.3 is 105 Å². The number of amides is 4. The first-order valence-corrected chi connectivity index (χ1v) is 27.0. The molecule has 0 spiro atoms. The van der Waals surface area contributed by atoms with Crippen LogP contribution in [0.4, 0.5) is 0 Å². The molecule has 1 aromatic rings. The number of aliphatic hydroxyl groups is 9. The van der Waals surface area contributed by atoms with Gasteiger partial charge in [0.25, 0.3) is 5.91 Å². The summed E-state index contributed by atoms with van der Waals surface area (Å²) in [6.07, 6.45) is -18.1. The molecule has 444 valence electrons. The first-order valence-electron chi connectivity index (χ1n) is 25.6. The van der Waals surface area contributed by atoms with E-state index >= 15 is 0 Å². The topological polar surface area (TPSA) is 436 Å². The highest BCUT2D eigenvalue weighted by Gasteiger charge is 2.56. The maximum Gasteiger partial charge on any atom is 0.397 e. The van der Waals surface area contributed by atoms with Crippen molar-refractivity contribution in [2.24, 2.45) is 0 Å². The molecule has 4 aliphatic rings. The summed E-state index contributed by atoms with van der Waals surface area (Å²) in [5, 5.41) is 109. The van der Waals surface area contributed by atoms with Gasteiger partial charge in [0.05, 0.1) is 33.0 Å². The lowest BCUT2D eigenvalue weighted by atomic mass is 9.93. The molecule has 14 N–H and O–H groups in total. The molecule has 0 saturated carbocycles. The summed E-state index contributed by atoms with van der Waals surface area (Å²) in [4.78, 5) is 51.1. The number of nitrogens with one attached hydrogen (secondary N) is 4. The fourth-order valence-electron chi connectivity index (χ4n) is 9.35. The Labute approximate surface area is 450 Å². The summed E-state index contributed by atoms with van der Waals surface area (Å²) in [5.74, 6) is -2.85. The summed E-state index contributed by atoms with van der Waals surface area (Å²) in [5.41, 5.74) is 0.0587. The van der Waals surface area contributed by atoms with Crippen LogP contribution in [0.15, 0.2) is 36.4 Å². The first kappa shape index (κ1) is 64.7. The van der Waals surface area contributed by atoms with E-state index in [1.54, 1.807) is 12.1 Å². The maximum atomic E-state index is 13.8. The van der Waals surface area contributed by atoms with E-state index in [2.05, 4.69) is 44.5 Å². The highest BCUT2D eigenvalue weighted by Crippen LogP contribution is 2.35. The van der Waals surface area contributed by atoms with E-state index in [0.717, 1.165) is 40.0 Å². The van der Waals surface area contributed by atoms with Crippen LogP contribution in [0.2, 0.25) is 0 Å². The highest BCUT2D eigenvalue weighted by molar-refractivity contribution is 7.80. The summed E-state index contributed by atoms with van der Waals surface area (Å²) < 4.78 is 83.9. The normalized spacial score (nSPS) is 35.4. The van der Waals surface area contributed by atoms with E-state index in [4.69, 9.17) is 37.9 Å². The quantitative estimate of drug-likeness (QED) is 0.0225. The number of benzene rings is 1. The minimum Gasteiger partial charge on any atom is -0.494 e. The minimum atomic E-state index is -5.16. The van der Waals surface area contributed by atoms with Gasteiger partial charge in [0.1, 0.15) is 103 Å². The van der Waals surface area contributed by atoms with E-state index in [1.165, 1.54) is 31.4 Å². The molecule has 30 heteroatoms. The zero-order valence-electron chi connectivity index (χ0n) is 43.5. The van der Waals surface area contributed by atoms with Crippen LogP contribution in [0.3, 0.4) is 0 Å². The molecule has 4 aliphatic heterocycles. The van der Waals surface area contributed by atoms with E-state index < -0.39 is 183 Å². The van der Waals surface area contributed by atoms with Gasteiger partial charge in [-0.05, 0) is 43.9 Å². The number of aliphatic hydroxyl groups excluding tert-OH is 9. The van der Waals surface area contributed by atoms with Crippen molar-refractivity contribution >= 4 is 34.0 Å². The molecule has 20 atom stereocenters. The molecule has 78 heavy (non-hydrogen) atoms. The van der Waals surface area contributed by atoms with Gasteiger partial charge >= 0.3 is 10.4 Å². The van der Waals surface area contributed by atoms with Gasteiger partial charge in [-0.3, -0.25) is 23.7 Å². The van der Waals surface area contributed by atoms with Crippen molar-refractivity contribution in [3.8, 4) is 5.75 Å². The molecule has 1 aromatic carbocycles. The Morgan fingerprint density at radius 2 is 1.06 bits per heavy atom. The summed E-state index contributed by atoms with van der Waals surface area (Å²) >= 11 is 0. The molecule has 4 amide bonds. The smallest absolute Gasteiger partial charge is 0.397 e. The molecule has 5 rings (SSSR count). The van der Waals surface area contributed by atoms with Gasteiger partial charge in [-0.25, -0.2) is 4.18 Å². The van der Waals surface area contributed by atoms with Crippen molar-refractivity contribution in [2.45, 2.75) is 195 Å². The van der Waals surface area contributed by atoms with Crippen LogP contribution < -0.4 is 26.0 Å². The number of unbranched alkanes of at least 4 members (excludes halogenated alkanes) is 5. The standard InChI is InChI=1S/C48H76N4O25S/c1-5-6-7-8-9-10-11-12-13-17-69-27-16-14-15-26(18-27)44(64)52-33-37(60)36(59)28(19-53)72-46(33)75-41-29(20-54)73-47(34(39(41)62)50-24(3)57)76-42-30(21-55)74-48(35(40(42)63)51-25(4)58)77-43-31(22-70-78(66,67)68)71-45(65)32(38(43)61)49-23(2)56/h10-11,14-16,18,28-43,45-48,53-55,59-63,65H,5-9,12-13,17,19-22H2,1-4H3,(H,49,56)(H,50,57)(H,51,58)(H,52,64)(H,66,67,68)/b11-10-/t28?,29-,30?,31-,32?,33?,34?,35?,36+,37+,38?,39?,40+,41+,42+,43+,45?,46-,47-,48-/m0/s1. The number of rotatable bonds is 27. The SMILES string of the molecule is CCCCCC/C=C\CCCOc1cccc(C(=O)NC2[C@H](O[C@H]3C(O)C(NC(C)=O)[C@H](O[C@@H]4C(CO)O[C@@H](O[C@H]5C(O)C(NC(C)=O)C(O)O[C@H]5COS(=O)(=O)O)C(NC(C)=O)[C@H]4O)O[C@H]3CO)OC(CO)[C@@H](O)[C@@H]2O)c1. The van der Waals surface area contributed by atoms with Crippen LogP contribution in [0.5, 0.6) is 5.75 Å². The Morgan fingerprint density at radius 3 is 1.56 bits per heavy atom. The van der Waals surface area contributed by atoms with Gasteiger partial charge in [-0.15, -0.1) is 0 Å². The minimum absolute atomic E-state index is 0.0587.